The van der Waals surface area contributed by atoms with Crippen molar-refractivity contribution in [1.82, 2.24) is 30.2 Å². The van der Waals surface area contributed by atoms with Gasteiger partial charge in [0.2, 0.25) is 27.7 Å². The Morgan fingerprint density at radius 1 is 0.966 bits per heavy atom. The summed E-state index contributed by atoms with van der Waals surface area (Å²) in [6, 6.07) is 3.41. The molecule has 0 spiro atoms. The van der Waals surface area contributed by atoms with Crippen LogP contribution >= 0.6 is 0 Å². The molecule has 3 bridgehead atoms. The molecular formula is C42H56N6O9S. The highest BCUT2D eigenvalue weighted by molar-refractivity contribution is 7.91. The Morgan fingerprint density at radius 3 is 2.57 bits per heavy atom. The molecule has 1 saturated heterocycles. The molecule has 3 saturated carbocycles. The van der Waals surface area contributed by atoms with Gasteiger partial charge in [0, 0.05) is 18.4 Å². The lowest BCUT2D eigenvalue weighted by atomic mass is 9.97. The zero-order valence-electron chi connectivity index (χ0n) is 33.5. The molecule has 2 aromatic rings. The molecule has 8 rings (SSSR count). The van der Waals surface area contributed by atoms with E-state index in [-0.39, 0.29) is 31.4 Å². The van der Waals surface area contributed by atoms with Gasteiger partial charge >= 0.3 is 6.09 Å². The van der Waals surface area contributed by atoms with Gasteiger partial charge in [-0.25, -0.2) is 23.2 Å². The van der Waals surface area contributed by atoms with E-state index in [0.29, 0.717) is 66.9 Å². The Morgan fingerprint density at radius 2 is 1.76 bits per heavy atom. The van der Waals surface area contributed by atoms with Crippen molar-refractivity contribution in [3.05, 3.63) is 36.0 Å². The fraction of sp³-hybridized carbons (Fsp3) is 0.667. The molecule has 16 heteroatoms. The summed E-state index contributed by atoms with van der Waals surface area (Å²) in [5.74, 6) is -1.10. The monoisotopic (exact) mass is 820 g/mol. The Bertz CT molecular complexity index is 2070. The van der Waals surface area contributed by atoms with Crippen molar-refractivity contribution >= 4 is 44.9 Å². The van der Waals surface area contributed by atoms with E-state index >= 15 is 0 Å². The van der Waals surface area contributed by atoms with E-state index < -0.39 is 68.2 Å². The lowest BCUT2D eigenvalue weighted by Gasteiger charge is -2.30. The molecule has 3 N–H and O–H groups in total. The number of amides is 4. The van der Waals surface area contributed by atoms with Crippen LogP contribution in [0.25, 0.3) is 11.0 Å². The van der Waals surface area contributed by atoms with E-state index in [1.165, 1.54) is 4.90 Å². The highest BCUT2D eigenvalue weighted by Gasteiger charge is 2.63. The summed E-state index contributed by atoms with van der Waals surface area (Å²) < 4.78 is 45.8. The van der Waals surface area contributed by atoms with Crippen LogP contribution in [0.5, 0.6) is 11.6 Å². The van der Waals surface area contributed by atoms with Gasteiger partial charge in [-0.05, 0) is 102 Å². The topological polar surface area (TPSA) is 195 Å². The van der Waals surface area contributed by atoms with Crippen molar-refractivity contribution in [2.75, 3.05) is 13.7 Å². The summed E-state index contributed by atoms with van der Waals surface area (Å²) in [4.78, 5) is 68.1. The first kappa shape index (κ1) is 40.3. The number of nitrogens with zero attached hydrogens (tertiary/aromatic N) is 3. The molecule has 1 unspecified atom stereocenters. The molecule has 3 aliphatic carbocycles. The predicted octanol–water partition coefficient (Wildman–Crippen LogP) is 4.76. The molecule has 314 valence electrons. The van der Waals surface area contributed by atoms with E-state index in [2.05, 4.69) is 15.4 Å². The SMILES string of the molecule is COc1ccc2nc3c(nc2c1)O[C@@H]1C[C@H]2C(=O)N[C@]4(C(=O)NS(=O)(=O)C5(C)CC5)C[C@H]4/C=C\CCCCC[C@H](NC(=O)OC4CCC[C@H]4CCCCC3)C(=O)N2C1. The molecule has 4 heterocycles. The van der Waals surface area contributed by atoms with Gasteiger partial charge in [0.15, 0.2) is 0 Å². The number of ether oxygens (including phenoxy) is 3. The number of sulfonamides is 1. The first-order chi connectivity index (χ1) is 27.9. The smallest absolute Gasteiger partial charge is 0.408 e. The molecule has 0 radical (unpaired) electrons. The second-order valence-electron chi connectivity index (χ2n) is 17.5. The summed E-state index contributed by atoms with van der Waals surface area (Å²) >= 11 is 0. The number of aromatic nitrogens is 2. The second-order valence-corrected chi connectivity index (χ2v) is 19.7. The zero-order valence-corrected chi connectivity index (χ0v) is 34.3. The molecule has 3 aliphatic heterocycles. The standard InChI is InChI=1S/C42H56N6O9S/c1-41(20-21-41)58(53,54)47-39(51)42-24-27(42)14-8-4-3-5-9-16-32-38(50)48-25-29(23-34(48)36(49)46-42)56-37-31(43-30-19-18-28(55-2)22-33(30)44-37)15-10-6-7-12-26-13-11-17-35(26)57-40(52)45-32/h8,14,18-19,22,26-27,29,32,34-35H,3-7,9-13,15-17,20-21,23-25H2,1-2H3,(H,45,52)(H,46,49)(H,47,51)/b14-8-/t26-,27-,29-,32+,34+,35?,42-/m1/s1. The predicted molar refractivity (Wildman–Crippen MR) is 213 cm³/mol. The summed E-state index contributed by atoms with van der Waals surface area (Å²) in [6.07, 6.45) is 13.7. The molecular weight excluding hydrogens is 765 g/mol. The number of rotatable bonds is 4. The Kier molecular flexibility index (Phi) is 11.3. The number of benzene rings is 1. The van der Waals surface area contributed by atoms with Crippen LogP contribution in [0.2, 0.25) is 0 Å². The Hall–Kier alpha value is -4.47. The molecule has 7 atom stereocenters. The Balaban J connectivity index is 1.14. The summed E-state index contributed by atoms with van der Waals surface area (Å²) in [5.41, 5.74) is 0.437. The van der Waals surface area contributed by atoms with Crippen molar-refractivity contribution in [2.24, 2.45) is 11.8 Å². The number of fused-ring (bicyclic) bond motifs is 6. The van der Waals surface area contributed by atoms with Gasteiger partial charge in [-0.2, -0.15) is 0 Å². The lowest BCUT2D eigenvalue weighted by molar-refractivity contribution is -0.141. The van der Waals surface area contributed by atoms with Crippen LogP contribution in [0.3, 0.4) is 0 Å². The zero-order chi connectivity index (χ0) is 40.7. The highest BCUT2D eigenvalue weighted by Crippen LogP contribution is 2.47. The number of nitrogens with one attached hydrogen (secondary N) is 3. The summed E-state index contributed by atoms with van der Waals surface area (Å²) in [5, 5.41) is 5.82. The minimum absolute atomic E-state index is 0.00137. The number of alkyl carbamates (subject to hydrolysis) is 1. The van der Waals surface area contributed by atoms with Gasteiger partial charge in [-0.1, -0.05) is 37.8 Å². The van der Waals surface area contributed by atoms with Crippen LogP contribution in [0.15, 0.2) is 30.4 Å². The number of carbonyl (C=O) groups excluding carboxylic acids is 4. The lowest BCUT2D eigenvalue weighted by Crippen LogP contribution is -2.58. The van der Waals surface area contributed by atoms with Crippen LogP contribution in [0.1, 0.15) is 115 Å². The van der Waals surface area contributed by atoms with E-state index in [1.54, 1.807) is 20.1 Å². The van der Waals surface area contributed by atoms with Crippen molar-refractivity contribution in [1.29, 1.82) is 0 Å². The minimum atomic E-state index is -3.99. The van der Waals surface area contributed by atoms with Gasteiger partial charge in [0.05, 0.1) is 29.4 Å². The van der Waals surface area contributed by atoms with Gasteiger partial charge in [0.25, 0.3) is 5.91 Å². The van der Waals surface area contributed by atoms with E-state index in [9.17, 15) is 27.6 Å². The maximum Gasteiger partial charge on any atom is 0.408 e. The average Bonchev–Trinajstić information content (AvgIpc) is 4.00. The number of carbonyl (C=O) groups is 4. The van der Waals surface area contributed by atoms with Crippen molar-refractivity contribution in [3.63, 3.8) is 0 Å². The van der Waals surface area contributed by atoms with Crippen LogP contribution in [0.4, 0.5) is 4.79 Å². The first-order valence-electron chi connectivity index (χ1n) is 21.2. The summed E-state index contributed by atoms with van der Waals surface area (Å²) in [7, 11) is -2.41. The molecule has 4 amide bonds. The van der Waals surface area contributed by atoms with Crippen molar-refractivity contribution in [3.8, 4) is 11.6 Å². The maximum absolute atomic E-state index is 14.7. The third-order valence-electron chi connectivity index (χ3n) is 13.3. The third kappa shape index (κ3) is 8.35. The maximum atomic E-state index is 14.7. The van der Waals surface area contributed by atoms with Gasteiger partial charge in [-0.15, -0.1) is 0 Å². The van der Waals surface area contributed by atoms with E-state index in [4.69, 9.17) is 24.2 Å². The van der Waals surface area contributed by atoms with E-state index in [0.717, 1.165) is 57.8 Å². The molecule has 1 aromatic carbocycles. The molecule has 6 aliphatic rings. The fourth-order valence-electron chi connectivity index (χ4n) is 9.22. The third-order valence-corrected chi connectivity index (χ3v) is 15.4. The summed E-state index contributed by atoms with van der Waals surface area (Å²) in [6.45, 7) is 1.60. The quantitative estimate of drug-likeness (QED) is 0.360. The number of allylic oxidation sites excluding steroid dienone is 1. The normalized spacial score (nSPS) is 32.2. The average molecular weight is 821 g/mol. The van der Waals surface area contributed by atoms with Crippen LogP contribution in [-0.4, -0.2) is 95.3 Å². The second kappa shape index (κ2) is 16.3. The highest BCUT2D eigenvalue weighted by atomic mass is 32.2. The number of methoxy groups -OCH3 is 1. The number of hydrogen-bond acceptors (Lipinski definition) is 11. The van der Waals surface area contributed by atoms with Gasteiger partial charge in [-0.3, -0.25) is 19.1 Å². The van der Waals surface area contributed by atoms with Gasteiger partial charge < -0.3 is 29.7 Å². The fourth-order valence-corrected chi connectivity index (χ4v) is 10.5. The molecule has 4 fully saturated rings. The number of hydrogen-bond donors (Lipinski definition) is 3. The van der Waals surface area contributed by atoms with E-state index in [1.807, 2.05) is 24.3 Å². The number of aryl methyl sites for hydroxylation is 1. The minimum Gasteiger partial charge on any atom is -0.497 e. The largest absolute Gasteiger partial charge is 0.497 e. The first-order valence-corrected chi connectivity index (χ1v) is 22.7. The van der Waals surface area contributed by atoms with Crippen LogP contribution < -0.4 is 24.8 Å². The van der Waals surface area contributed by atoms with Crippen molar-refractivity contribution in [2.45, 2.75) is 151 Å². The van der Waals surface area contributed by atoms with Gasteiger partial charge in [0.1, 0.15) is 41.3 Å². The van der Waals surface area contributed by atoms with Crippen molar-refractivity contribution < 1.29 is 41.8 Å². The van der Waals surface area contributed by atoms with Crippen LogP contribution in [-0.2, 0) is 35.6 Å². The molecule has 1 aromatic heterocycles. The molecule has 15 nitrogen and oxygen atoms in total. The van der Waals surface area contributed by atoms with Crippen LogP contribution in [0, 0.1) is 11.8 Å². The Labute approximate surface area is 339 Å². The molecule has 58 heavy (non-hydrogen) atoms.